The van der Waals surface area contributed by atoms with Gasteiger partial charge in [0.2, 0.25) is 5.91 Å². The fraction of sp³-hybridized carbons (Fsp3) is 0.600. The van der Waals surface area contributed by atoms with Gasteiger partial charge >= 0.3 is 0 Å². The molecular formula is C20H31NO2. The second-order valence-electron chi connectivity index (χ2n) is 6.19. The molecule has 0 heterocycles. The quantitative estimate of drug-likeness (QED) is 0.579. The van der Waals surface area contributed by atoms with Crippen LogP contribution in [-0.4, -0.2) is 17.7 Å². The Kier molecular flexibility index (Phi) is 10.0. The summed E-state index contributed by atoms with van der Waals surface area (Å²) in [5.74, 6) is 0.161. The lowest BCUT2D eigenvalue weighted by Crippen LogP contribution is -2.42. The molecule has 1 rings (SSSR count). The maximum atomic E-state index is 12.5. The first-order valence-corrected chi connectivity index (χ1v) is 9.03. The lowest BCUT2D eigenvalue weighted by molar-refractivity contribution is -0.128. The third-order valence-electron chi connectivity index (χ3n) is 4.04. The third-order valence-corrected chi connectivity index (χ3v) is 4.04. The number of carbonyl (C=O) groups is 2. The van der Waals surface area contributed by atoms with Crippen molar-refractivity contribution in [2.45, 2.75) is 77.7 Å². The van der Waals surface area contributed by atoms with Crippen LogP contribution in [0.2, 0.25) is 0 Å². The van der Waals surface area contributed by atoms with Crippen molar-refractivity contribution in [2.75, 3.05) is 0 Å². The molecule has 1 atom stereocenters. The molecule has 0 saturated heterocycles. The molecule has 0 unspecified atom stereocenters. The summed E-state index contributed by atoms with van der Waals surface area (Å²) in [7, 11) is 0. The molecule has 0 aliphatic carbocycles. The summed E-state index contributed by atoms with van der Waals surface area (Å²) in [5, 5.41) is 2.96. The Balaban J connectivity index is 2.60. The van der Waals surface area contributed by atoms with Crippen LogP contribution in [0.1, 0.15) is 70.8 Å². The third kappa shape index (κ3) is 8.53. The highest BCUT2D eigenvalue weighted by Gasteiger charge is 2.20. The number of amides is 1. The number of unbranched alkanes of at least 4 members (excludes halogenated alkanes) is 4. The van der Waals surface area contributed by atoms with E-state index in [2.05, 4.69) is 19.2 Å². The summed E-state index contributed by atoms with van der Waals surface area (Å²) in [6.45, 7) is 4.24. The Morgan fingerprint density at radius 3 is 2.13 bits per heavy atom. The van der Waals surface area contributed by atoms with Gasteiger partial charge in [0.1, 0.15) is 0 Å². The molecule has 0 bridgehead atoms. The zero-order chi connectivity index (χ0) is 16.9. The first-order valence-electron chi connectivity index (χ1n) is 9.03. The van der Waals surface area contributed by atoms with E-state index in [0.717, 1.165) is 44.1 Å². The van der Waals surface area contributed by atoms with Crippen LogP contribution < -0.4 is 5.32 Å². The Morgan fingerprint density at radius 1 is 0.913 bits per heavy atom. The highest BCUT2D eigenvalue weighted by Crippen LogP contribution is 2.09. The molecule has 1 N–H and O–H groups in total. The Morgan fingerprint density at radius 2 is 1.52 bits per heavy atom. The van der Waals surface area contributed by atoms with Crippen molar-refractivity contribution in [1.29, 1.82) is 0 Å². The molecule has 0 radical (unpaired) electrons. The Bertz CT molecular complexity index is 456. The van der Waals surface area contributed by atoms with Gasteiger partial charge in [-0.2, -0.15) is 0 Å². The van der Waals surface area contributed by atoms with Crippen LogP contribution in [0.15, 0.2) is 30.3 Å². The second kappa shape index (κ2) is 11.9. The highest BCUT2D eigenvalue weighted by molar-refractivity contribution is 5.89. The van der Waals surface area contributed by atoms with Crippen molar-refractivity contribution in [1.82, 2.24) is 5.32 Å². The molecule has 1 amide bonds. The number of benzene rings is 1. The number of Topliss-reactive ketones (excluding diaryl/α,β-unsaturated/α-hetero) is 1. The predicted octanol–water partition coefficient (Wildman–Crippen LogP) is 4.44. The van der Waals surface area contributed by atoms with Crippen LogP contribution in [0.25, 0.3) is 0 Å². The predicted molar refractivity (Wildman–Crippen MR) is 95.4 cm³/mol. The molecule has 3 nitrogen and oxygen atoms in total. The van der Waals surface area contributed by atoms with Crippen LogP contribution in [-0.2, 0) is 16.0 Å². The van der Waals surface area contributed by atoms with E-state index < -0.39 is 0 Å². The largest absolute Gasteiger partial charge is 0.346 e. The molecule has 0 saturated carbocycles. The topological polar surface area (TPSA) is 46.2 Å². The molecule has 0 aliphatic heterocycles. The van der Waals surface area contributed by atoms with E-state index in [4.69, 9.17) is 0 Å². The maximum absolute atomic E-state index is 12.5. The first kappa shape index (κ1) is 19.4. The zero-order valence-electron chi connectivity index (χ0n) is 14.6. The normalized spacial score (nSPS) is 11.9. The average Bonchev–Trinajstić information content (AvgIpc) is 2.55. The van der Waals surface area contributed by atoms with E-state index >= 15 is 0 Å². The van der Waals surface area contributed by atoms with Gasteiger partial charge in [-0.3, -0.25) is 9.59 Å². The lowest BCUT2D eigenvalue weighted by atomic mass is 9.98. The van der Waals surface area contributed by atoms with Gasteiger partial charge in [-0.05, 0) is 24.8 Å². The SMILES string of the molecule is CCCCCC(=O)N[C@@H](Cc1ccccc1)C(=O)CCCCC. The summed E-state index contributed by atoms with van der Waals surface area (Å²) < 4.78 is 0. The van der Waals surface area contributed by atoms with Crippen molar-refractivity contribution < 1.29 is 9.59 Å². The molecule has 0 fully saturated rings. The minimum Gasteiger partial charge on any atom is -0.346 e. The second-order valence-corrected chi connectivity index (χ2v) is 6.19. The van der Waals surface area contributed by atoms with Crippen LogP contribution >= 0.6 is 0 Å². The number of hydrogen-bond donors (Lipinski definition) is 1. The summed E-state index contributed by atoms with van der Waals surface area (Å²) in [5.41, 5.74) is 1.09. The minimum atomic E-state index is -0.386. The highest BCUT2D eigenvalue weighted by atomic mass is 16.2. The maximum Gasteiger partial charge on any atom is 0.220 e. The van der Waals surface area contributed by atoms with Gasteiger partial charge in [0, 0.05) is 12.8 Å². The summed E-state index contributed by atoms with van der Waals surface area (Å²) in [6.07, 6.45) is 7.77. The molecule has 0 aliphatic rings. The summed E-state index contributed by atoms with van der Waals surface area (Å²) in [4.78, 5) is 24.6. The number of nitrogens with one attached hydrogen (secondary N) is 1. The van der Waals surface area contributed by atoms with E-state index in [-0.39, 0.29) is 17.7 Å². The molecule has 0 spiro atoms. The van der Waals surface area contributed by atoms with Gasteiger partial charge in [0.25, 0.3) is 0 Å². The van der Waals surface area contributed by atoms with Crippen molar-refractivity contribution in [2.24, 2.45) is 0 Å². The molecule has 0 aromatic heterocycles. The Labute approximate surface area is 140 Å². The molecule has 23 heavy (non-hydrogen) atoms. The van der Waals surface area contributed by atoms with Crippen LogP contribution in [0.4, 0.5) is 0 Å². The lowest BCUT2D eigenvalue weighted by Gasteiger charge is -2.18. The molecule has 1 aromatic carbocycles. The molecule has 128 valence electrons. The standard InChI is InChI=1S/C20H31NO2/c1-3-5-8-14-19(22)18(16-17-12-10-7-11-13-17)21-20(23)15-9-6-4-2/h7,10-13,18H,3-6,8-9,14-16H2,1-2H3,(H,21,23)/t18-/m0/s1. The number of carbonyl (C=O) groups excluding carboxylic acids is 2. The fourth-order valence-corrected chi connectivity index (χ4v) is 2.62. The Hall–Kier alpha value is -1.64. The first-order chi connectivity index (χ1) is 11.2. The van der Waals surface area contributed by atoms with Crippen LogP contribution in [0.3, 0.4) is 0 Å². The van der Waals surface area contributed by atoms with E-state index in [9.17, 15) is 9.59 Å². The number of hydrogen-bond acceptors (Lipinski definition) is 2. The number of ketones is 1. The van der Waals surface area contributed by atoms with E-state index in [1.165, 1.54) is 0 Å². The van der Waals surface area contributed by atoms with Crippen LogP contribution in [0, 0.1) is 0 Å². The monoisotopic (exact) mass is 317 g/mol. The van der Waals surface area contributed by atoms with Crippen molar-refractivity contribution in [3.8, 4) is 0 Å². The smallest absolute Gasteiger partial charge is 0.220 e. The van der Waals surface area contributed by atoms with Crippen molar-refractivity contribution >= 4 is 11.7 Å². The summed E-state index contributed by atoms with van der Waals surface area (Å²) in [6, 6.07) is 9.53. The fourth-order valence-electron chi connectivity index (χ4n) is 2.62. The van der Waals surface area contributed by atoms with Crippen LogP contribution in [0.5, 0.6) is 0 Å². The molecule has 1 aromatic rings. The van der Waals surface area contributed by atoms with E-state index in [1.807, 2.05) is 30.3 Å². The van der Waals surface area contributed by atoms with Gasteiger partial charge in [-0.25, -0.2) is 0 Å². The van der Waals surface area contributed by atoms with E-state index in [1.54, 1.807) is 0 Å². The van der Waals surface area contributed by atoms with Gasteiger partial charge < -0.3 is 5.32 Å². The van der Waals surface area contributed by atoms with Gasteiger partial charge in [0.15, 0.2) is 5.78 Å². The van der Waals surface area contributed by atoms with Crippen molar-refractivity contribution in [3.63, 3.8) is 0 Å². The van der Waals surface area contributed by atoms with Crippen molar-refractivity contribution in [3.05, 3.63) is 35.9 Å². The minimum absolute atomic E-state index is 0.00298. The van der Waals surface area contributed by atoms with Gasteiger partial charge in [-0.15, -0.1) is 0 Å². The average molecular weight is 317 g/mol. The zero-order valence-corrected chi connectivity index (χ0v) is 14.6. The summed E-state index contributed by atoms with van der Waals surface area (Å²) >= 11 is 0. The van der Waals surface area contributed by atoms with Gasteiger partial charge in [0.05, 0.1) is 6.04 Å². The molecular weight excluding hydrogens is 286 g/mol. The van der Waals surface area contributed by atoms with Gasteiger partial charge in [-0.1, -0.05) is 69.9 Å². The molecule has 3 heteroatoms. The van der Waals surface area contributed by atoms with E-state index in [0.29, 0.717) is 19.3 Å². The number of rotatable bonds is 12.